The van der Waals surface area contributed by atoms with Gasteiger partial charge < -0.3 is 4.90 Å². The number of likely N-dealkylation sites (tertiary alicyclic amines) is 1. The van der Waals surface area contributed by atoms with Gasteiger partial charge in [-0.3, -0.25) is 10.1 Å². The lowest BCUT2D eigenvalue weighted by Crippen LogP contribution is -2.21. The molecule has 0 amide bonds. The minimum atomic E-state index is 1.07. The number of thioether (sulfide) groups is 1. The number of benzene rings is 1. The van der Waals surface area contributed by atoms with Crippen LogP contribution in [0.5, 0.6) is 0 Å². The van der Waals surface area contributed by atoms with Gasteiger partial charge in [-0.25, -0.2) is 0 Å². The van der Waals surface area contributed by atoms with E-state index in [2.05, 4.69) is 56.5 Å². The van der Waals surface area contributed by atoms with Crippen LogP contribution in [-0.2, 0) is 0 Å². The van der Waals surface area contributed by atoms with E-state index < -0.39 is 0 Å². The zero-order valence-corrected chi connectivity index (χ0v) is 15.0. The van der Waals surface area contributed by atoms with Crippen LogP contribution in [-0.4, -0.2) is 45.5 Å². The summed E-state index contributed by atoms with van der Waals surface area (Å²) in [6.45, 7) is 3.62. The average molecular weight is 350 g/mol. The van der Waals surface area contributed by atoms with Gasteiger partial charge in [-0.15, -0.1) is 11.8 Å². The minimum absolute atomic E-state index is 1.07. The molecule has 1 N–H and O–H groups in total. The third kappa shape index (κ3) is 3.78. The standard InChI is InChI=1S/C20H22N4S/c1-2-6-17(7-3-1)19-18(16-8-10-21-11-9-16)20(23-22-19)25-15-14-24-12-4-5-13-24/h1-3,6-11H,4-5,12-15H2,(H,22,23). The van der Waals surface area contributed by atoms with Gasteiger partial charge in [0.05, 0.1) is 5.69 Å². The van der Waals surface area contributed by atoms with E-state index in [1.165, 1.54) is 31.5 Å². The largest absolute Gasteiger partial charge is 0.303 e. The van der Waals surface area contributed by atoms with E-state index in [9.17, 15) is 0 Å². The number of nitrogens with zero attached hydrogens (tertiary/aromatic N) is 3. The van der Waals surface area contributed by atoms with Crippen LogP contribution in [0.1, 0.15) is 12.8 Å². The first-order valence-electron chi connectivity index (χ1n) is 8.81. The van der Waals surface area contributed by atoms with Gasteiger partial charge in [-0.2, -0.15) is 5.10 Å². The predicted octanol–water partition coefficient (Wildman–Crippen LogP) is 4.33. The molecule has 1 aromatic carbocycles. The monoisotopic (exact) mass is 350 g/mol. The summed E-state index contributed by atoms with van der Waals surface area (Å²) in [5.74, 6) is 1.07. The summed E-state index contributed by atoms with van der Waals surface area (Å²) in [6.07, 6.45) is 6.37. The molecule has 0 bridgehead atoms. The summed E-state index contributed by atoms with van der Waals surface area (Å²) >= 11 is 1.84. The Morgan fingerprint density at radius 3 is 2.48 bits per heavy atom. The summed E-state index contributed by atoms with van der Waals surface area (Å²) in [6, 6.07) is 14.5. The van der Waals surface area contributed by atoms with Crippen molar-refractivity contribution in [2.24, 2.45) is 0 Å². The highest BCUT2D eigenvalue weighted by atomic mass is 32.2. The molecule has 1 fully saturated rings. The number of hydrogen-bond donors (Lipinski definition) is 1. The van der Waals surface area contributed by atoms with Gasteiger partial charge >= 0.3 is 0 Å². The second-order valence-electron chi connectivity index (χ2n) is 6.28. The van der Waals surface area contributed by atoms with Crippen molar-refractivity contribution >= 4 is 11.8 Å². The molecular weight excluding hydrogens is 328 g/mol. The van der Waals surface area contributed by atoms with Crippen LogP contribution in [0, 0.1) is 0 Å². The maximum absolute atomic E-state index is 4.63. The van der Waals surface area contributed by atoms with Crippen LogP contribution >= 0.6 is 11.8 Å². The fourth-order valence-corrected chi connectivity index (χ4v) is 4.32. The summed E-state index contributed by atoms with van der Waals surface area (Å²) in [4.78, 5) is 6.70. The van der Waals surface area contributed by atoms with Crippen molar-refractivity contribution in [2.75, 3.05) is 25.4 Å². The lowest BCUT2D eigenvalue weighted by atomic mass is 10.0. The zero-order chi connectivity index (χ0) is 16.9. The molecule has 5 heteroatoms. The number of aromatic amines is 1. The summed E-state index contributed by atoms with van der Waals surface area (Å²) in [7, 11) is 0. The molecule has 0 atom stereocenters. The van der Waals surface area contributed by atoms with Gasteiger partial charge in [0.15, 0.2) is 0 Å². The molecule has 0 aliphatic carbocycles. The Balaban J connectivity index is 1.61. The first kappa shape index (κ1) is 16.4. The number of H-pyrrole nitrogens is 1. The molecule has 3 heterocycles. The number of hydrogen-bond acceptors (Lipinski definition) is 4. The number of nitrogens with one attached hydrogen (secondary N) is 1. The van der Waals surface area contributed by atoms with Crippen molar-refractivity contribution in [3.05, 3.63) is 54.9 Å². The smallest absolute Gasteiger partial charge is 0.126 e. The normalized spacial score (nSPS) is 14.9. The van der Waals surface area contributed by atoms with Gasteiger partial charge in [0, 0.05) is 35.8 Å². The van der Waals surface area contributed by atoms with Crippen LogP contribution in [0.25, 0.3) is 22.4 Å². The van der Waals surface area contributed by atoms with Gasteiger partial charge in [0.2, 0.25) is 0 Å². The maximum atomic E-state index is 4.63. The summed E-state index contributed by atoms with van der Waals surface area (Å²) in [5.41, 5.74) is 4.58. The minimum Gasteiger partial charge on any atom is -0.303 e. The van der Waals surface area contributed by atoms with Crippen molar-refractivity contribution < 1.29 is 0 Å². The molecule has 4 nitrogen and oxygen atoms in total. The van der Waals surface area contributed by atoms with E-state index in [0.717, 1.165) is 34.1 Å². The Labute approximate surface area is 152 Å². The van der Waals surface area contributed by atoms with Crippen LogP contribution < -0.4 is 0 Å². The molecule has 1 aliphatic rings. The highest BCUT2D eigenvalue weighted by Crippen LogP contribution is 2.37. The van der Waals surface area contributed by atoms with Gasteiger partial charge in [0.1, 0.15) is 5.03 Å². The zero-order valence-electron chi connectivity index (χ0n) is 14.2. The van der Waals surface area contributed by atoms with E-state index in [1.807, 2.05) is 30.2 Å². The predicted molar refractivity (Wildman–Crippen MR) is 104 cm³/mol. The van der Waals surface area contributed by atoms with Crippen molar-refractivity contribution in [1.82, 2.24) is 20.1 Å². The molecule has 25 heavy (non-hydrogen) atoms. The average Bonchev–Trinajstić information content (AvgIpc) is 3.33. The molecule has 1 saturated heterocycles. The lowest BCUT2D eigenvalue weighted by Gasteiger charge is -2.13. The second kappa shape index (κ2) is 7.85. The first-order valence-corrected chi connectivity index (χ1v) is 9.80. The van der Waals surface area contributed by atoms with Crippen LogP contribution in [0.15, 0.2) is 59.9 Å². The van der Waals surface area contributed by atoms with E-state index in [1.54, 1.807) is 0 Å². The fraction of sp³-hybridized carbons (Fsp3) is 0.300. The fourth-order valence-electron chi connectivity index (χ4n) is 3.31. The molecule has 0 saturated carbocycles. The van der Waals surface area contributed by atoms with E-state index >= 15 is 0 Å². The summed E-state index contributed by atoms with van der Waals surface area (Å²) in [5, 5.41) is 8.97. The second-order valence-corrected chi connectivity index (χ2v) is 7.36. The van der Waals surface area contributed by atoms with Gasteiger partial charge in [0.25, 0.3) is 0 Å². The Kier molecular flexibility index (Phi) is 5.14. The third-order valence-corrected chi connectivity index (χ3v) is 5.57. The number of pyridine rings is 1. The Hall–Kier alpha value is -2.11. The Morgan fingerprint density at radius 1 is 0.960 bits per heavy atom. The van der Waals surface area contributed by atoms with Crippen LogP contribution in [0.3, 0.4) is 0 Å². The van der Waals surface area contributed by atoms with Gasteiger partial charge in [-0.1, -0.05) is 30.3 Å². The Morgan fingerprint density at radius 2 is 1.72 bits per heavy atom. The Bertz CT molecular complexity index is 795. The molecule has 1 aliphatic heterocycles. The topological polar surface area (TPSA) is 44.8 Å². The highest BCUT2D eigenvalue weighted by Gasteiger charge is 2.18. The molecule has 0 spiro atoms. The molecule has 128 valence electrons. The van der Waals surface area contributed by atoms with Crippen LogP contribution in [0.4, 0.5) is 0 Å². The lowest BCUT2D eigenvalue weighted by molar-refractivity contribution is 0.362. The SMILES string of the molecule is c1ccc(-c2[nH]nc(SCCN3CCCC3)c2-c2ccncc2)cc1. The van der Waals surface area contributed by atoms with Gasteiger partial charge in [-0.05, 0) is 43.6 Å². The van der Waals surface area contributed by atoms with E-state index in [-0.39, 0.29) is 0 Å². The molecule has 3 aromatic rings. The van der Waals surface area contributed by atoms with Crippen molar-refractivity contribution in [3.63, 3.8) is 0 Å². The molecule has 4 rings (SSSR count). The molecular formula is C20H22N4S. The van der Waals surface area contributed by atoms with Crippen molar-refractivity contribution in [1.29, 1.82) is 0 Å². The first-order chi connectivity index (χ1) is 12.4. The van der Waals surface area contributed by atoms with Crippen molar-refractivity contribution in [2.45, 2.75) is 17.9 Å². The maximum Gasteiger partial charge on any atom is 0.126 e. The number of aromatic nitrogens is 3. The highest BCUT2D eigenvalue weighted by molar-refractivity contribution is 7.99. The van der Waals surface area contributed by atoms with E-state index in [0.29, 0.717) is 0 Å². The molecule has 2 aromatic heterocycles. The quantitative estimate of drug-likeness (QED) is 0.672. The summed E-state index contributed by atoms with van der Waals surface area (Å²) < 4.78 is 0. The molecule has 0 radical (unpaired) electrons. The van der Waals surface area contributed by atoms with Crippen LogP contribution in [0.2, 0.25) is 0 Å². The third-order valence-electron chi connectivity index (χ3n) is 4.61. The van der Waals surface area contributed by atoms with Crippen molar-refractivity contribution in [3.8, 4) is 22.4 Å². The molecule has 0 unspecified atom stereocenters. The van der Waals surface area contributed by atoms with E-state index in [4.69, 9.17) is 0 Å². The number of rotatable bonds is 6.